The largest absolute Gasteiger partial charge is 0.508 e. The smallest absolute Gasteiger partial charge is 0.242 e. The van der Waals surface area contributed by atoms with Gasteiger partial charge in [0.15, 0.2) is 11.5 Å². The Morgan fingerprint density at radius 1 is 1.03 bits per heavy atom. The van der Waals surface area contributed by atoms with E-state index >= 15 is 0 Å². The number of hydrogen-bond donors (Lipinski definition) is 3. The molecule has 2 saturated heterocycles. The van der Waals surface area contributed by atoms with Gasteiger partial charge in [-0.25, -0.2) is 10.9 Å². The standard InChI is InChI=1S/C25H31N3O5/c1-7-8-28-23(15-11-17(31-4)24(33-6)18(12-15)32-5)20-21(26-27-22(20)25(28)30)19-14(3)9-13(2)10-16(19)29/h7,9-12,20-23,26-27,29H,1,8H2,2-6H3. The number of rotatable bonds is 7. The van der Waals surface area contributed by atoms with Gasteiger partial charge in [0, 0.05) is 18.0 Å². The number of phenols is 1. The van der Waals surface area contributed by atoms with E-state index in [-0.39, 0.29) is 29.7 Å². The molecule has 4 unspecified atom stereocenters. The number of ether oxygens (including phenoxy) is 3. The van der Waals surface area contributed by atoms with E-state index < -0.39 is 6.04 Å². The van der Waals surface area contributed by atoms with Gasteiger partial charge in [0.05, 0.1) is 33.4 Å². The summed E-state index contributed by atoms with van der Waals surface area (Å²) in [4.78, 5) is 15.2. The number of phenolic OH excluding ortho intramolecular Hbond substituents is 1. The van der Waals surface area contributed by atoms with Gasteiger partial charge in [0.25, 0.3) is 0 Å². The number of carbonyl (C=O) groups excluding carboxylic acids is 1. The van der Waals surface area contributed by atoms with Crippen LogP contribution in [0.1, 0.15) is 34.3 Å². The molecule has 0 radical (unpaired) electrons. The van der Waals surface area contributed by atoms with Gasteiger partial charge in [0.2, 0.25) is 11.7 Å². The third-order valence-electron chi connectivity index (χ3n) is 6.59. The molecular formula is C25H31N3O5. The number of benzene rings is 2. The second kappa shape index (κ2) is 8.96. The van der Waals surface area contributed by atoms with Crippen molar-refractivity contribution in [3.8, 4) is 23.0 Å². The lowest BCUT2D eigenvalue weighted by Crippen LogP contribution is -2.41. The Balaban J connectivity index is 1.88. The van der Waals surface area contributed by atoms with Crippen LogP contribution in [0.15, 0.2) is 36.9 Å². The lowest BCUT2D eigenvalue weighted by molar-refractivity contribution is -0.130. The normalized spacial score (nSPS) is 24.0. The lowest BCUT2D eigenvalue weighted by Gasteiger charge is -2.32. The molecule has 2 aliphatic rings. The Labute approximate surface area is 194 Å². The monoisotopic (exact) mass is 453 g/mol. The highest BCUT2D eigenvalue weighted by atomic mass is 16.5. The van der Waals surface area contributed by atoms with Gasteiger partial charge < -0.3 is 24.2 Å². The zero-order valence-electron chi connectivity index (χ0n) is 19.6. The van der Waals surface area contributed by atoms with E-state index in [0.717, 1.165) is 22.3 Å². The highest BCUT2D eigenvalue weighted by Crippen LogP contribution is 2.51. The molecule has 0 aliphatic carbocycles. The quantitative estimate of drug-likeness (QED) is 0.555. The fraction of sp³-hybridized carbons (Fsp3) is 0.400. The number of nitrogens with one attached hydrogen (secondary N) is 2. The van der Waals surface area contributed by atoms with Crippen molar-refractivity contribution in [3.63, 3.8) is 0 Å². The Kier molecular flexibility index (Phi) is 6.23. The fourth-order valence-corrected chi connectivity index (χ4v) is 5.32. The lowest BCUT2D eigenvalue weighted by atomic mass is 9.81. The molecule has 2 aromatic rings. The van der Waals surface area contributed by atoms with Gasteiger partial charge in [-0.15, -0.1) is 6.58 Å². The van der Waals surface area contributed by atoms with Crippen LogP contribution in [0.25, 0.3) is 0 Å². The summed E-state index contributed by atoms with van der Waals surface area (Å²) in [5.74, 6) is 1.51. The first kappa shape index (κ1) is 22.9. The number of carbonyl (C=O) groups is 1. The number of aromatic hydroxyl groups is 1. The van der Waals surface area contributed by atoms with E-state index in [0.29, 0.717) is 23.8 Å². The molecule has 0 saturated carbocycles. The maximum Gasteiger partial charge on any atom is 0.242 e. The summed E-state index contributed by atoms with van der Waals surface area (Å²) in [5, 5.41) is 10.8. The van der Waals surface area contributed by atoms with Crippen LogP contribution in [0, 0.1) is 19.8 Å². The van der Waals surface area contributed by atoms with E-state index in [2.05, 4.69) is 17.4 Å². The van der Waals surface area contributed by atoms with Crippen molar-refractivity contribution in [2.45, 2.75) is 32.0 Å². The molecule has 8 nitrogen and oxygen atoms in total. The van der Waals surface area contributed by atoms with Crippen molar-refractivity contribution in [1.29, 1.82) is 0 Å². The van der Waals surface area contributed by atoms with Gasteiger partial charge in [-0.2, -0.15) is 0 Å². The summed E-state index contributed by atoms with van der Waals surface area (Å²) in [5.41, 5.74) is 10.0. The predicted octanol–water partition coefficient (Wildman–Crippen LogP) is 2.94. The highest BCUT2D eigenvalue weighted by molar-refractivity contribution is 5.86. The van der Waals surface area contributed by atoms with Crippen molar-refractivity contribution in [1.82, 2.24) is 15.8 Å². The van der Waals surface area contributed by atoms with Crippen LogP contribution in [0.5, 0.6) is 23.0 Å². The molecule has 1 amide bonds. The summed E-state index contributed by atoms with van der Waals surface area (Å²) >= 11 is 0. The Morgan fingerprint density at radius 2 is 1.67 bits per heavy atom. The molecule has 0 bridgehead atoms. The SMILES string of the molecule is C=CCN1C(=O)C2NNC(c3c(C)cc(C)cc3O)C2C1c1cc(OC)c(OC)c(OC)c1. The van der Waals surface area contributed by atoms with Crippen LogP contribution in [0.4, 0.5) is 0 Å². The third-order valence-corrected chi connectivity index (χ3v) is 6.59. The Bertz CT molecular complexity index is 1040. The molecule has 8 heteroatoms. The number of hydrazine groups is 1. The van der Waals surface area contributed by atoms with Crippen molar-refractivity contribution in [2.24, 2.45) is 5.92 Å². The summed E-state index contributed by atoms with van der Waals surface area (Å²) in [7, 11) is 4.70. The number of methoxy groups -OCH3 is 3. The van der Waals surface area contributed by atoms with Crippen LogP contribution in [-0.2, 0) is 4.79 Å². The van der Waals surface area contributed by atoms with Crippen molar-refractivity contribution < 1.29 is 24.1 Å². The first-order valence-corrected chi connectivity index (χ1v) is 10.9. The summed E-state index contributed by atoms with van der Waals surface area (Å²) < 4.78 is 16.6. The summed E-state index contributed by atoms with van der Waals surface area (Å²) in [6, 6.07) is 6.49. The molecule has 4 atom stereocenters. The van der Waals surface area contributed by atoms with Gasteiger partial charge in [0.1, 0.15) is 11.8 Å². The molecule has 0 spiro atoms. The third kappa shape index (κ3) is 3.69. The molecule has 176 valence electrons. The van der Waals surface area contributed by atoms with Gasteiger partial charge in [-0.1, -0.05) is 12.1 Å². The average Bonchev–Trinajstić information content (AvgIpc) is 3.31. The first-order valence-electron chi connectivity index (χ1n) is 10.9. The molecule has 3 N–H and O–H groups in total. The molecule has 2 aromatic carbocycles. The molecule has 2 heterocycles. The van der Waals surface area contributed by atoms with Crippen LogP contribution in [0.3, 0.4) is 0 Å². The molecule has 2 fully saturated rings. The van der Waals surface area contributed by atoms with E-state index in [9.17, 15) is 9.90 Å². The number of fused-ring (bicyclic) bond motifs is 1. The van der Waals surface area contributed by atoms with Crippen LogP contribution in [-0.4, -0.2) is 49.8 Å². The second-order valence-electron chi connectivity index (χ2n) is 8.52. The number of likely N-dealkylation sites (tertiary alicyclic amines) is 1. The van der Waals surface area contributed by atoms with Gasteiger partial charge in [-0.05, 0) is 48.7 Å². The van der Waals surface area contributed by atoms with Crippen molar-refractivity contribution in [2.75, 3.05) is 27.9 Å². The second-order valence-corrected chi connectivity index (χ2v) is 8.52. The molecular weight excluding hydrogens is 422 g/mol. The van der Waals surface area contributed by atoms with Crippen LogP contribution in [0.2, 0.25) is 0 Å². The maximum atomic E-state index is 13.4. The number of amides is 1. The highest BCUT2D eigenvalue weighted by Gasteiger charge is 2.56. The predicted molar refractivity (Wildman–Crippen MR) is 125 cm³/mol. The molecule has 4 rings (SSSR count). The minimum Gasteiger partial charge on any atom is -0.508 e. The Morgan fingerprint density at radius 3 is 2.21 bits per heavy atom. The minimum atomic E-state index is -0.459. The molecule has 2 aliphatic heterocycles. The molecule has 0 aromatic heterocycles. The number of nitrogens with zero attached hydrogens (tertiary/aromatic N) is 1. The fourth-order valence-electron chi connectivity index (χ4n) is 5.32. The Hall–Kier alpha value is -3.23. The number of aryl methyl sites for hydroxylation is 2. The minimum absolute atomic E-state index is 0.0297. The maximum absolute atomic E-state index is 13.4. The first-order chi connectivity index (χ1) is 15.9. The van der Waals surface area contributed by atoms with Crippen LogP contribution >= 0.6 is 0 Å². The van der Waals surface area contributed by atoms with Crippen molar-refractivity contribution >= 4 is 5.91 Å². The van der Waals surface area contributed by atoms with E-state index in [4.69, 9.17) is 14.2 Å². The van der Waals surface area contributed by atoms with Crippen molar-refractivity contribution in [3.05, 3.63) is 59.2 Å². The van der Waals surface area contributed by atoms with Gasteiger partial charge >= 0.3 is 0 Å². The van der Waals surface area contributed by atoms with Gasteiger partial charge in [-0.3, -0.25) is 4.79 Å². The van der Waals surface area contributed by atoms with E-state index in [1.54, 1.807) is 33.5 Å². The summed E-state index contributed by atoms with van der Waals surface area (Å²) in [6.07, 6.45) is 1.72. The van der Waals surface area contributed by atoms with E-state index in [1.165, 1.54) is 0 Å². The number of hydrogen-bond acceptors (Lipinski definition) is 7. The zero-order valence-corrected chi connectivity index (χ0v) is 19.6. The average molecular weight is 454 g/mol. The zero-order chi connectivity index (χ0) is 23.9. The molecule has 33 heavy (non-hydrogen) atoms. The summed E-state index contributed by atoms with van der Waals surface area (Å²) in [6.45, 7) is 8.16. The van der Waals surface area contributed by atoms with Crippen LogP contribution < -0.4 is 25.1 Å². The topological polar surface area (TPSA) is 92.3 Å². The van der Waals surface area contributed by atoms with E-state index in [1.807, 2.05) is 36.9 Å².